The second kappa shape index (κ2) is 7.39. The lowest BCUT2D eigenvalue weighted by molar-refractivity contribution is -0.137. The van der Waals surface area contributed by atoms with Crippen molar-refractivity contribution in [2.24, 2.45) is 5.92 Å². The number of nitrogens with one attached hydrogen (secondary N) is 1. The molecule has 0 aliphatic carbocycles. The molecule has 0 aromatic heterocycles. The molecule has 2 aliphatic rings. The molecule has 2 heterocycles. The van der Waals surface area contributed by atoms with E-state index in [9.17, 15) is 13.2 Å². The summed E-state index contributed by atoms with van der Waals surface area (Å²) in [7, 11) is -3.53. The molecule has 3 rings (SSSR count). The van der Waals surface area contributed by atoms with Gasteiger partial charge in [-0.1, -0.05) is 11.6 Å². The van der Waals surface area contributed by atoms with Crippen LogP contribution in [-0.2, 0) is 14.8 Å². The summed E-state index contributed by atoms with van der Waals surface area (Å²) < 4.78 is 26.7. The van der Waals surface area contributed by atoms with Crippen LogP contribution in [-0.4, -0.2) is 62.8 Å². The van der Waals surface area contributed by atoms with Crippen molar-refractivity contribution >= 4 is 27.5 Å². The molecule has 2 fully saturated rings. The molecule has 0 saturated carbocycles. The third kappa shape index (κ3) is 3.74. The maximum atomic E-state index is 12.6. The van der Waals surface area contributed by atoms with Gasteiger partial charge in [0.15, 0.2) is 0 Å². The van der Waals surface area contributed by atoms with E-state index >= 15 is 0 Å². The molecule has 2 saturated heterocycles. The molecule has 6 nitrogen and oxygen atoms in total. The molecule has 24 heavy (non-hydrogen) atoms. The van der Waals surface area contributed by atoms with E-state index in [-0.39, 0.29) is 16.7 Å². The van der Waals surface area contributed by atoms with Gasteiger partial charge in [-0.25, -0.2) is 8.42 Å². The van der Waals surface area contributed by atoms with E-state index in [1.165, 1.54) is 16.4 Å². The number of hydrogen-bond acceptors (Lipinski definition) is 4. The van der Waals surface area contributed by atoms with E-state index in [0.29, 0.717) is 31.2 Å². The fourth-order valence-corrected chi connectivity index (χ4v) is 4.78. The highest BCUT2D eigenvalue weighted by Gasteiger charge is 2.32. The molecule has 0 spiro atoms. The van der Waals surface area contributed by atoms with Crippen LogP contribution in [0.2, 0.25) is 5.02 Å². The summed E-state index contributed by atoms with van der Waals surface area (Å²) in [5, 5.41) is 3.76. The lowest BCUT2D eigenvalue weighted by atomic mass is 9.96. The van der Waals surface area contributed by atoms with Crippen LogP contribution in [0.4, 0.5) is 0 Å². The average Bonchev–Trinajstić information content (AvgIpc) is 2.62. The predicted molar refractivity (Wildman–Crippen MR) is 92.4 cm³/mol. The summed E-state index contributed by atoms with van der Waals surface area (Å²) in [6.45, 7) is 3.33. The summed E-state index contributed by atoms with van der Waals surface area (Å²) in [6, 6.07) is 6.19. The average molecular weight is 372 g/mol. The molecule has 1 amide bonds. The number of piperazine rings is 1. The van der Waals surface area contributed by atoms with Crippen molar-refractivity contribution in [2.45, 2.75) is 17.7 Å². The normalized spacial score (nSPS) is 21.0. The fourth-order valence-electron chi connectivity index (χ4n) is 3.23. The second-order valence-corrected chi connectivity index (χ2v) is 8.58. The number of carbonyl (C=O) groups excluding carboxylic acids is 1. The van der Waals surface area contributed by atoms with E-state index in [4.69, 9.17) is 11.6 Å². The molecule has 8 heteroatoms. The zero-order valence-corrected chi connectivity index (χ0v) is 15.0. The zero-order chi connectivity index (χ0) is 17.2. The van der Waals surface area contributed by atoms with Gasteiger partial charge in [-0.05, 0) is 50.2 Å². The van der Waals surface area contributed by atoms with Crippen LogP contribution in [0.3, 0.4) is 0 Å². The number of benzene rings is 1. The summed E-state index contributed by atoms with van der Waals surface area (Å²) in [5.41, 5.74) is 0. The van der Waals surface area contributed by atoms with Gasteiger partial charge in [0.2, 0.25) is 15.9 Å². The Labute approximate surface area is 147 Å². The number of nitrogens with zero attached hydrogens (tertiary/aromatic N) is 2. The first-order chi connectivity index (χ1) is 11.5. The highest BCUT2D eigenvalue weighted by molar-refractivity contribution is 7.89. The van der Waals surface area contributed by atoms with E-state index in [2.05, 4.69) is 5.32 Å². The quantitative estimate of drug-likeness (QED) is 0.866. The Hall–Kier alpha value is -1.15. The fraction of sp³-hybridized carbons (Fsp3) is 0.562. The minimum Gasteiger partial charge on any atom is -0.340 e. The van der Waals surface area contributed by atoms with Gasteiger partial charge in [0.05, 0.1) is 4.90 Å². The molecule has 0 bridgehead atoms. The van der Waals surface area contributed by atoms with E-state index < -0.39 is 10.0 Å². The van der Waals surface area contributed by atoms with Gasteiger partial charge in [0.1, 0.15) is 0 Å². The first kappa shape index (κ1) is 17.7. The Morgan fingerprint density at radius 2 is 1.62 bits per heavy atom. The molecule has 1 aromatic rings. The Balaban J connectivity index is 1.62. The third-order valence-electron chi connectivity index (χ3n) is 4.69. The SMILES string of the molecule is O=C(C1CCNCC1)N1CCN(S(=O)(=O)c2ccc(Cl)cc2)CC1. The number of piperidine rings is 1. The van der Waals surface area contributed by atoms with Crippen molar-refractivity contribution in [3.8, 4) is 0 Å². The molecule has 132 valence electrons. The molecule has 0 radical (unpaired) electrons. The molecule has 0 unspecified atom stereocenters. The molecule has 0 atom stereocenters. The maximum absolute atomic E-state index is 12.6. The van der Waals surface area contributed by atoms with Crippen LogP contribution in [0.15, 0.2) is 29.2 Å². The van der Waals surface area contributed by atoms with Gasteiger partial charge in [0, 0.05) is 37.1 Å². The van der Waals surface area contributed by atoms with Crippen LogP contribution in [0.5, 0.6) is 0 Å². The minimum atomic E-state index is -3.53. The van der Waals surface area contributed by atoms with Crippen molar-refractivity contribution in [1.82, 2.24) is 14.5 Å². The van der Waals surface area contributed by atoms with Gasteiger partial charge < -0.3 is 10.2 Å². The summed E-state index contributed by atoms with van der Waals surface area (Å²) in [6.07, 6.45) is 1.73. The van der Waals surface area contributed by atoms with Crippen LogP contribution in [0.25, 0.3) is 0 Å². The largest absolute Gasteiger partial charge is 0.340 e. The van der Waals surface area contributed by atoms with Crippen LogP contribution < -0.4 is 5.32 Å². The summed E-state index contributed by atoms with van der Waals surface area (Å²) in [5.74, 6) is 0.241. The van der Waals surface area contributed by atoms with E-state index in [1.54, 1.807) is 12.1 Å². The number of rotatable bonds is 3. The predicted octanol–water partition coefficient (Wildman–Crippen LogP) is 1.17. The number of halogens is 1. The highest BCUT2D eigenvalue weighted by Crippen LogP contribution is 2.21. The van der Waals surface area contributed by atoms with E-state index in [0.717, 1.165) is 25.9 Å². The first-order valence-corrected chi connectivity index (χ1v) is 10.1. The standard InChI is InChI=1S/C16H22ClN3O3S/c17-14-1-3-15(4-2-14)24(22,23)20-11-9-19(10-12-20)16(21)13-5-7-18-8-6-13/h1-4,13,18H,5-12H2. The molecular formula is C16H22ClN3O3S. The second-order valence-electron chi connectivity index (χ2n) is 6.21. The lowest BCUT2D eigenvalue weighted by Crippen LogP contribution is -2.52. The lowest BCUT2D eigenvalue weighted by Gasteiger charge is -2.36. The van der Waals surface area contributed by atoms with Crippen molar-refractivity contribution in [3.05, 3.63) is 29.3 Å². The number of sulfonamides is 1. The van der Waals surface area contributed by atoms with Crippen LogP contribution in [0.1, 0.15) is 12.8 Å². The Morgan fingerprint density at radius 3 is 2.21 bits per heavy atom. The topological polar surface area (TPSA) is 69.7 Å². The smallest absolute Gasteiger partial charge is 0.243 e. The summed E-state index contributed by atoms with van der Waals surface area (Å²) in [4.78, 5) is 14.6. The highest BCUT2D eigenvalue weighted by atomic mass is 35.5. The van der Waals surface area contributed by atoms with Crippen molar-refractivity contribution in [3.63, 3.8) is 0 Å². The number of amides is 1. The Kier molecular flexibility index (Phi) is 5.44. The van der Waals surface area contributed by atoms with Gasteiger partial charge >= 0.3 is 0 Å². The molecule has 1 N–H and O–H groups in total. The van der Waals surface area contributed by atoms with Gasteiger partial charge in [-0.15, -0.1) is 0 Å². The number of carbonyl (C=O) groups is 1. The van der Waals surface area contributed by atoms with Gasteiger partial charge in [-0.2, -0.15) is 4.31 Å². The molecular weight excluding hydrogens is 350 g/mol. The Morgan fingerprint density at radius 1 is 1.04 bits per heavy atom. The van der Waals surface area contributed by atoms with Crippen molar-refractivity contribution in [1.29, 1.82) is 0 Å². The Bertz CT molecular complexity index is 679. The van der Waals surface area contributed by atoms with Crippen molar-refractivity contribution in [2.75, 3.05) is 39.3 Å². The van der Waals surface area contributed by atoms with Crippen LogP contribution >= 0.6 is 11.6 Å². The molecule has 2 aliphatic heterocycles. The first-order valence-electron chi connectivity index (χ1n) is 8.24. The number of hydrogen-bond donors (Lipinski definition) is 1. The van der Waals surface area contributed by atoms with E-state index in [1.807, 2.05) is 4.90 Å². The molecule has 1 aromatic carbocycles. The van der Waals surface area contributed by atoms with Crippen LogP contribution in [0, 0.1) is 5.92 Å². The third-order valence-corrected chi connectivity index (χ3v) is 6.85. The van der Waals surface area contributed by atoms with Gasteiger partial charge in [-0.3, -0.25) is 4.79 Å². The van der Waals surface area contributed by atoms with Crippen molar-refractivity contribution < 1.29 is 13.2 Å². The summed E-state index contributed by atoms with van der Waals surface area (Å²) >= 11 is 5.82. The van der Waals surface area contributed by atoms with Gasteiger partial charge in [0.25, 0.3) is 0 Å². The maximum Gasteiger partial charge on any atom is 0.243 e. The monoisotopic (exact) mass is 371 g/mol. The zero-order valence-electron chi connectivity index (χ0n) is 13.4. The minimum absolute atomic E-state index is 0.0747.